The van der Waals surface area contributed by atoms with Gasteiger partial charge in [0.2, 0.25) is 5.91 Å². The minimum atomic E-state index is -0.335. The van der Waals surface area contributed by atoms with Gasteiger partial charge in [0.25, 0.3) is 0 Å². The lowest BCUT2D eigenvalue weighted by Gasteiger charge is -2.34. The Balaban J connectivity index is 1.17. The number of ether oxygens (including phenoxy) is 1. The van der Waals surface area contributed by atoms with Crippen LogP contribution >= 0.6 is 23.1 Å². The Labute approximate surface area is 186 Å². The quantitative estimate of drug-likeness (QED) is 0.621. The van der Waals surface area contributed by atoms with Crippen LogP contribution in [0.2, 0.25) is 0 Å². The molecule has 2 fully saturated rings. The van der Waals surface area contributed by atoms with Crippen molar-refractivity contribution in [2.45, 2.75) is 25.3 Å². The molecule has 0 spiro atoms. The molecule has 9 heteroatoms. The normalized spacial score (nSPS) is 18.9. The number of piperazine rings is 1. The number of nitrogens with zero attached hydrogens (tertiary/aromatic N) is 4. The maximum absolute atomic E-state index is 12.3. The molecule has 0 bridgehead atoms. The van der Waals surface area contributed by atoms with E-state index in [9.17, 15) is 4.79 Å². The molecule has 0 saturated carbocycles. The first-order valence-corrected chi connectivity index (χ1v) is 12.6. The molecule has 1 unspecified atom stereocenters. The van der Waals surface area contributed by atoms with E-state index in [1.807, 2.05) is 17.0 Å². The standard InChI is InChI=1S/C21H31N5O2S2/c1-28-16-5-6-19-18(14-16)23-21(30-19)25-10-8-24(9-11-25)7-3-2-4-17(22)20(27)26-12-13-29-15-26/h5-6,14,17H,2-4,7-13,15,22H2,1H3. The Hall–Kier alpha value is -1.55. The zero-order valence-corrected chi connectivity index (χ0v) is 19.2. The zero-order chi connectivity index (χ0) is 20.9. The summed E-state index contributed by atoms with van der Waals surface area (Å²) in [6.45, 7) is 6.03. The number of carbonyl (C=O) groups is 1. The highest BCUT2D eigenvalue weighted by Crippen LogP contribution is 2.31. The van der Waals surface area contributed by atoms with Gasteiger partial charge in [0, 0.05) is 44.5 Å². The van der Waals surface area contributed by atoms with Gasteiger partial charge in [-0.05, 0) is 31.5 Å². The van der Waals surface area contributed by atoms with Gasteiger partial charge in [-0.25, -0.2) is 4.98 Å². The number of fused-ring (bicyclic) bond motifs is 1. The topological polar surface area (TPSA) is 74.9 Å². The highest BCUT2D eigenvalue weighted by atomic mass is 32.2. The number of methoxy groups -OCH3 is 1. The van der Waals surface area contributed by atoms with E-state index in [1.165, 1.54) is 4.70 Å². The largest absolute Gasteiger partial charge is 0.497 e. The molecule has 30 heavy (non-hydrogen) atoms. The summed E-state index contributed by atoms with van der Waals surface area (Å²) in [7, 11) is 1.69. The molecule has 2 N–H and O–H groups in total. The molecule has 0 aliphatic carbocycles. The number of thioether (sulfide) groups is 1. The van der Waals surface area contributed by atoms with E-state index >= 15 is 0 Å². The van der Waals surface area contributed by atoms with Crippen molar-refractivity contribution in [1.82, 2.24) is 14.8 Å². The number of carbonyl (C=O) groups excluding carboxylic acids is 1. The second-order valence-corrected chi connectivity index (χ2v) is 9.98. The fraction of sp³-hybridized carbons (Fsp3) is 0.619. The van der Waals surface area contributed by atoms with Gasteiger partial charge in [-0.3, -0.25) is 9.69 Å². The van der Waals surface area contributed by atoms with Crippen LogP contribution in [-0.4, -0.2) is 84.7 Å². The summed E-state index contributed by atoms with van der Waals surface area (Å²) in [5.74, 6) is 2.82. The molecular formula is C21H31N5O2S2. The van der Waals surface area contributed by atoms with Crippen LogP contribution in [0.5, 0.6) is 5.75 Å². The van der Waals surface area contributed by atoms with Crippen LogP contribution in [0.1, 0.15) is 19.3 Å². The first-order chi connectivity index (χ1) is 14.6. The molecule has 0 radical (unpaired) electrons. The van der Waals surface area contributed by atoms with Crippen LogP contribution in [0, 0.1) is 0 Å². The van der Waals surface area contributed by atoms with Gasteiger partial charge in [-0.15, -0.1) is 11.8 Å². The van der Waals surface area contributed by atoms with E-state index < -0.39 is 0 Å². The van der Waals surface area contributed by atoms with Crippen molar-refractivity contribution < 1.29 is 9.53 Å². The monoisotopic (exact) mass is 449 g/mol. The summed E-state index contributed by atoms with van der Waals surface area (Å²) in [6.07, 6.45) is 2.89. The van der Waals surface area contributed by atoms with Crippen LogP contribution in [0.3, 0.4) is 0 Å². The highest BCUT2D eigenvalue weighted by Gasteiger charge is 2.24. The molecule has 2 aliphatic rings. The smallest absolute Gasteiger partial charge is 0.240 e. The van der Waals surface area contributed by atoms with Crippen LogP contribution < -0.4 is 15.4 Å². The van der Waals surface area contributed by atoms with Crippen molar-refractivity contribution in [3.8, 4) is 5.75 Å². The lowest BCUT2D eigenvalue weighted by atomic mass is 10.1. The summed E-state index contributed by atoms with van der Waals surface area (Å²) in [5, 5.41) is 1.10. The number of thiazole rings is 1. The van der Waals surface area contributed by atoms with E-state index in [-0.39, 0.29) is 11.9 Å². The van der Waals surface area contributed by atoms with Crippen molar-refractivity contribution in [3.63, 3.8) is 0 Å². The Morgan fingerprint density at radius 2 is 2.07 bits per heavy atom. The maximum atomic E-state index is 12.3. The second-order valence-electron chi connectivity index (χ2n) is 7.90. The number of hydrogen-bond donors (Lipinski definition) is 1. The molecule has 3 heterocycles. The Morgan fingerprint density at radius 3 is 2.80 bits per heavy atom. The summed E-state index contributed by atoms with van der Waals surface area (Å²) < 4.78 is 6.51. The predicted octanol–water partition coefficient (Wildman–Crippen LogP) is 2.46. The number of benzene rings is 1. The maximum Gasteiger partial charge on any atom is 0.240 e. The van der Waals surface area contributed by atoms with E-state index in [1.54, 1.807) is 30.2 Å². The van der Waals surface area contributed by atoms with Gasteiger partial charge >= 0.3 is 0 Å². The average molecular weight is 450 g/mol. The van der Waals surface area contributed by atoms with E-state index in [2.05, 4.69) is 15.9 Å². The Kier molecular flexibility index (Phi) is 7.35. The Bertz CT molecular complexity index is 847. The average Bonchev–Trinajstić information content (AvgIpc) is 3.46. The molecular weight excluding hydrogens is 418 g/mol. The lowest BCUT2D eigenvalue weighted by molar-refractivity contribution is -0.131. The second kappa shape index (κ2) is 10.2. The molecule has 1 aromatic heterocycles. The molecule has 164 valence electrons. The zero-order valence-electron chi connectivity index (χ0n) is 17.6. The number of amides is 1. The number of unbranched alkanes of at least 4 members (excludes halogenated alkanes) is 1. The van der Waals surface area contributed by atoms with Gasteiger partial charge in [0.15, 0.2) is 5.13 Å². The molecule has 1 amide bonds. The summed E-state index contributed by atoms with van der Waals surface area (Å²) >= 11 is 3.56. The van der Waals surface area contributed by atoms with E-state index in [0.717, 1.165) is 86.6 Å². The fourth-order valence-corrected chi connectivity index (χ4v) is 5.92. The van der Waals surface area contributed by atoms with E-state index in [4.69, 9.17) is 15.5 Å². The SMILES string of the molecule is COc1ccc2sc(N3CCN(CCCCC(N)C(=O)N4CCSC4)CC3)nc2c1. The Morgan fingerprint density at radius 1 is 1.23 bits per heavy atom. The number of nitrogens with two attached hydrogens (primary N) is 1. The first-order valence-electron chi connectivity index (χ1n) is 10.7. The number of anilines is 1. The van der Waals surface area contributed by atoms with Crippen molar-refractivity contribution in [2.75, 3.05) is 62.9 Å². The third-order valence-electron chi connectivity index (χ3n) is 5.85. The van der Waals surface area contributed by atoms with Crippen molar-refractivity contribution >= 4 is 44.4 Å². The minimum absolute atomic E-state index is 0.127. The number of rotatable bonds is 8. The van der Waals surface area contributed by atoms with Crippen molar-refractivity contribution in [1.29, 1.82) is 0 Å². The fourth-order valence-electron chi connectivity index (χ4n) is 3.97. The van der Waals surface area contributed by atoms with Crippen LogP contribution in [-0.2, 0) is 4.79 Å². The summed E-state index contributed by atoms with van der Waals surface area (Å²) in [4.78, 5) is 23.9. The van der Waals surface area contributed by atoms with E-state index in [0.29, 0.717) is 0 Å². The number of hydrogen-bond acceptors (Lipinski definition) is 8. The minimum Gasteiger partial charge on any atom is -0.497 e. The van der Waals surface area contributed by atoms with Gasteiger partial charge in [0.05, 0.1) is 29.2 Å². The predicted molar refractivity (Wildman–Crippen MR) is 126 cm³/mol. The third kappa shape index (κ3) is 5.19. The molecule has 1 aromatic carbocycles. The molecule has 7 nitrogen and oxygen atoms in total. The van der Waals surface area contributed by atoms with Gasteiger partial charge in [-0.2, -0.15) is 0 Å². The van der Waals surface area contributed by atoms with Crippen molar-refractivity contribution in [2.24, 2.45) is 5.73 Å². The summed E-state index contributed by atoms with van der Waals surface area (Å²) in [5.41, 5.74) is 7.12. The van der Waals surface area contributed by atoms with Gasteiger partial charge < -0.3 is 20.3 Å². The highest BCUT2D eigenvalue weighted by molar-refractivity contribution is 7.99. The molecule has 2 aliphatic heterocycles. The van der Waals surface area contributed by atoms with Crippen LogP contribution in [0.15, 0.2) is 18.2 Å². The molecule has 4 rings (SSSR count). The van der Waals surface area contributed by atoms with Gasteiger partial charge in [-0.1, -0.05) is 17.8 Å². The first kappa shape index (κ1) is 21.7. The molecule has 2 aromatic rings. The number of aromatic nitrogens is 1. The summed E-state index contributed by atoms with van der Waals surface area (Å²) in [6, 6.07) is 5.75. The lowest BCUT2D eigenvalue weighted by Crippen LogP contribution is -2.46. The van der Waals surface area contributed by atoms with Crippen LogP contribution in [0.25, 0.3) is 10.2 Å². The molecule has 1 atom stereocenters. The van der Waals surface area contributed by atoms with Gasteiger partial charge in [0.1, 0.15) is 5.75 Å². The molecule has 2 saturated heterocycles. The van der Waals surface area contributed by atoms with Crippen molar-refractivity contribution in [3.05, 3.63) is 18.2 Å². The third-order valence-corrected chi connectivity index (χ3v) is 7.91. The van der Waals surface area contributed by atoms with Crippen LogP contribution in [0.4, 0.5) is 5.13 Å².